The van der Waals surface area contributed by atoms with E-state index in [2.05, 4.69) is 24.5 Å². The molecule has 0 amide bonds. The molecule has 1 rings (SSSR count). The van der Waals surface area contributed by atoms with E-state index < -0.39 is 0 Å². The van der Waals surface area contributed by atoms with Crippen LogP contribution in [0.1, 0.15) is 11.1 Å². The predicted octanol–water partition coefficient (Wildman–Crippen LogP) is 1.86. The third-order valence-electron chi connectivity index (χ3n) is 1.63. The molecule has 0 atom stereocenters. The molecular weight excluding hydrogens is 166 g/mol. The highest BCUT2D eigenvalue weighted by Crippen LogP contribution is 2.14. The van der Waals surface area contributed by atoms with Crippen LogP contribution < -0.4 is 5.73 Å². The third-order valence-corrected chi connectivity index (χ3v) is 1.78. The molecule has 12 heavy (non-hydrogen) atoms. The van der Waals surface area contributed by atoms with Crippen molar-refractivity contribution in [2.45, 2.75) is 6.92 Å². The molecule has 0 unspecified atom stereocenters. The Balaban J connectivity index is 3.08. The zero-order valence-electron chi connectivity index (χ0n) is 6.96. The van der Waals surface area contributed by atoms with Crippen molar-refractivity contribution in [2.24, 2.45) is 0 Å². The lowest BCUT2D eigenvalue weighted by atomic mass is 10.1. The van der Waals surface area contributed by atoms with Gasteiger partial charge in [-0.25, -0.2) is 0 Å². The number of benzene rings is 1. The molecule has 1 aromatic rings. The number of anilines is 1. The molecule has 62 valence electrons. The second kappa shape index (κ2) is 4.08. The topological polar surface area (TPSA) is 26.0 Å². The van der Waals surface area contributed by atoms with E-state index >= 15 is 0 Å². The van der Waals surface area contributed by atoms with Gasteiger partial charge in [0.1, 0.15) is 0 Å². The molecule has 0 bridgehead atoms. The molecule has 0 spiro atoms. The fourth-order valence-corrected chi connectivity index (χ4v) is 1.00. The van der Waals surface area contributed by atoms with Crippen molar-refractivity contribution in [3.05, 3.63) is 29.3 Å². The van der Waals surface area contributed by atoms with Crippen LogP contribution in [0.5, 0.6) is 0 Å². The summed E-state index contributed by atoms with van der Waals surface area (Å²) < 4.78 is 0. The van der Waals surface area contributed by atoms with E-state index in [1.54, 1.807) is 0 Å². The molecule has 0 aliphatic rings. The average molecular weight is 177 g/mol. The summed E-state index contributed by atoms with van der Waals surface area (Å²) in [5.41, 5.74) is 8.53. The summed E-state index contributed by atoms with van der Waals surface area (Å²) in [6.45, 7) is 1.97. The Kier molecular flexibility index (Phi) is 3.07. The lowest BCUT2D eigenvalue weighted by molar-refractivity contribution is 1.45. The highest BCUT2D eigenvalue weighted by atomic mass is 32.1. The van der Waals surface area contributed by atoms with Crippen LogP contribution in [0.4, 0.5) is 5.69 Å². The monoisotopic (exact) mass is 177 g/mol. The Morgan fingerprint density at radius 2 is 2.25 bits per heavy atom. The summed E-state index contributed by atoms with van der Waals surface area (Å²) in [7, 11) is 0. The largest absolute Gasteiger partial charge is 0.398 e. The molecule has 0 aliphatic carbocycles. The summed E-state index contributed by atoms with van der Waals surface area (Å²) in [5, 5.41) is 0. The summed E-state index contributed by atoms with van der Waals surface area (Å²) in [6.07, 6.45) is 0. The minimum atomic E-state index is 0.563. The number of hydrogen-bond donors (Lipinski definition) is 2. The highest BCUT2D eigenvalue weighted by Gasteiger charge is 1.96. The first-order valence-electron chi connectivity index (χ1n) is 3.70. The zero-order chi connectivity index (χ0) is 8.97. The van der Waals surface area contributed by atoms with Crippen molar-refractivity contribution in [1.29, 1.82) is 0 Å². The number of nitrogen functional groups attached to an aromatic ring is 1. The van der Waals surface area contributed by atoms with E-state index in [4.69, 9.17) is 5.73 Å². The molecular formula is C10H11NS. The van der Waals surface area contributed by atoms with Crippen molar-refractivity contribution in [3.8, 4) is 11.8 Å². The number of nitrogens with two attached hydrogens (primary N) is 1. The second-order valence-corrected chi connectivity index (χ2v) is 2.81. The number of aryl methyl sites for hydroxylation is 1. The standard InChI is InChI=1S/C10H11NS/c1-8-4-2-5-9(10(8)11)6-3-7-12/h2,4-5,12H,7,11H2,1H3. The van der Waals surface area contributed by atoms with Crippen molar-refractivity contribution in [2.75, 3.05) is 11.5 Å². The van der Waals surface area contributed by atoms with Crippen LogP contribution in [-0.4, -0.2) is 5.75 Å². The average Bonchev–Trinajstić information content (AvgIpc) is 2.08. The Hall–Kier alpha value is -1.07. The summed E-state index contributed by atoms with van der Waals surface area (Å²) in [4.78, 5) is 0. The maximum Gasteiger partial charge on any atom is 0.0521 e. The van der Waals surface area contributed by atoms with Crippen molar-refractivity contribution in [3.63, 3.8) is 0 Å². The number of para-hydroxylation sites is 1. The smallest absolute Gasteiger partial charge is 0.0521 e. The Labute approximate surface area is 78.4 Å². The van der Waals surface area contributed by atoms with Gasteiger partial charge in [0, 0.05) is 5.56 Å². The fraction of sp³-hybridized carbons (Fsp3) is 0.200. The first-order chi connectivity index (χ1) is 5.75. The molecule has 1 aromatic carbocycles. The lowest BCUT2D eigenvalue weighted by Crippen LogP contribution is -1.92. The van der Waals surface area contributed by atoms with E-state index in [1.807, 2.05) is 25.1 Å². The van der Waals surface area contributed by atoms with E-state index in [-0.39, 0.29) is 0 Å². The van der Waals surface area contributed by atoms with E-state index in [0.29, 0.717) is 5.75 Å². The van der Waals surface area contributed by atoms with Gasteiger partial charge in [0.05, 0.1) is 11.4 Å². The fourth-order valence-electron chi connectivity index (χ4n) is 0.924. The zero-order valence-corrected chi connectivity index (χ0v) is 7.86. The Bertz CT molecular complexity index is 333. The molecule has 0 fully saturated rings. The lowest BCUT2D eigenvalue weighted by Gasteiger charge is -2.00. The number of hydrogen-bond acceptors (Lipinski definition) is 2. The van der Waals surface area contributed by atoms with Crippen LogP contribution in [0.3, 0.4) is 0 Å². The molecule has 0 aromatic heterocycles. The number of rotatable bonds is 0. The van der Waals surface area contributed by atoms with Crippen molar-refractivity contribution < 1.29 is 0 Å². The first kappa shape index (κ1) is 9.02. The van der Waals surface area contributed by atoms with Crippen LogP contribution in [0, 0.1) is 18.8 Å². The molecule has 2 heteroatoms. The first-order valence-corrected chi connectivity index (χ1v) is 4.33. The van der Waals surface area contributed by atoms with Crippen LogP contribution in [0.25, 0.3) is 0 Å². The maximum atomic E-state index is 5.80. The van der Waals surface area contributed by atoms with Crippen LogP contribution >= 0.6 is 12.6 Å². The van der Waals surface area contributed by atoms with Gasteiger partial charge in [-0.05, 0) is 18.6 Å². The molecule has 0 heterocycles. The third kappa shape index (κ3) is 1.96. The van der Waals surface area contributed by atoms with Gasteiger partial charge in [-0.15, -0.1) is 0 Å². The summed E-state index contributed by atoms with van der Waals surface area (Å²) in [6, 6.07) is 5.84. The van der Waals surface area contributed by atoms with Gasteiger partial charge < -0.3 is 5.73 Å². The highest BCUT2D eigenvalue weighted by molar-refractivity contribution is 7.80. The SMILES string of the molecule is Cc1cccc(C#CCS)c1N. The van der Waals surface area contributed by atoms with Crippen LogP contribution in [0.2, 0.25) is 0 Å². The Morgan fingerprint density at radius 1 is 1.50 bits per heavy atom. The molecule has 0 saturated heterocycles. The second-order valence-electron chi connectivity index (χ2n) is 2.50. The van der Waals surface area contributed by atoms with Gasteiger partial charge in [0.25, 0.3) is 0 Å². The van der Waals surface area contributed by atoms with Gasteiger partial charge in [0.15, 0.2) is 0 Å². The summed E-state index contributed by atoms with van der Waals surface area (Å²) in [5.74, 6) is 6.38. The quantitative estimate of drug-likeness (QED) is 0.353. The minimum absolute atomic E-state index is 0.563. The van der Waals surface area contributed by atoms with E-state index in [1.165, 1.54) is 0 Å². The van der Waals surface area contributed by atoms with Crippen molar-refractivity contribution >= 4 is 18.3 Å². The maximum absolute atomic E-state index is 5.80. The summed E-state index contributed by atoms with van der Waals surface area (Å²) >= 11 is 4.00. The normalized spacial score (nSPS) is 8.83. The van der Waals surface area contributed by atoms with Crippen LogP contribution in [0.15, 0.2) is 18.2 Å². The van der Waals surface area contributed by atoms with Gasteiger partial charge in [-0.2, -0.15) is 12.6 Å². The molecule has 0 saturated carbocycles. The number of thiol groups is 1. The van der Waals surface area contributed by atoms with Crippen LogP contribution in [-0.2, 0) is 0 Å². The van der Waals surface area contributed by atoms with Gasteiger partial charge in [-0.1, -0.05) is 24.0 Å². The Morgan fingerprint density at radius 3 is 2.92 bits per heavy atom. The minimum Gasteiger partial charge on any atom is -0.398 e. The van der Waals surface area contributed by atoms with E-state index in [9.17, 15) is 0 Å². The predicted molar refractivity (Wildman–Crippen MR) is 56.3 cm³/mol. The van der Waals surface area contributed by atoms with Gasteiger partial charge in [-0.3, -0.25) is 0 Å². The molecule has 0 aliphatic heterocycles. The molecule has 0 radical (unpaired) electrons. The van der Waals surface area contributed by atoms with Gasteiger partial charge in [0.2, 0.25) is 0 Å². The van der Waals surface area contributed by atoms with Crippen molar-refractivity contribution in [1.82, 2.24) is 0 Å². The van der Waals surface area contributed by atoms with Gasteiger partial charge >= 0.3 is 0 Å². The van der Waals surface area contributed by atoms with E-state index in [0.717, 1.165) is 16.8 Å². The molecule has 1 nitrogen and oxygen atoms in total. The molecule has 2 N–H and O–H groups in total.